The standard InChI is InChI=1S/C13H17BrN4/c1-9-8-17(5-3-11(9)14)13-12-7-10(2)16-18(12)6-4-15-13/h4,6-7,9,11H,3,5,8H2,1-2H3. The molecule has 4 nitrogen and oxygen atoms in total. The predicted octanol–water partition coefficient (Wildman–Crippen LogP) is 2.65. The van der Waals surface area contributed by atoms with E-state index in [-0.39, 0.29) is 0 Å². The average molecular weight is 309 g/mol. The molecule has 0 spiro atoms. The van der Waals surface area contributed by atoms with Crippen LogP contribution in [0.2, 0.25) is 0 Å². The highest BCUT2D eigenvalue weighted by Gasteiger charge is 2.25. The Balaban J connectivity index is 1.99. The molecule has 2 aromatic rings. The number of alkyl halides is 1. The first-order valence-electron chi connectivity index (χ1n) is 6.35. The number of hydrogen-bond donors (Lipinski definition) is 0. The Morgan fingerprint density at radius 2 is 2.28 bits per heavy atom. The number of aromatic nitrogens is 3. The van der Waals surface area contributed by atoms with E-state index in [9.17, 15) is 0 Å². The lowest BCUT2D eigenvalue weighted by atomic mass is 10.00. The van der Waals surface area contributed by atoms with Crippen molar-refractivity contribution in [3.8, 4) is 0 Å². The second-order valence-corrected chi connectivity index (χ2v) is 6.27. The molecule has 2 aromatic heterocycles. The third-order valence-electron chi connectivity index (χ3n) is 3.59. The number of anilines is 1. The minimum absolute atomic E-state index is 0.625. The molecule has 0 N–H and O–H groups in total. The molecule has 1 saturated heterocycles. The molecule has 18 heavy (non-hydrogen) atoms. The fourth-order valence-electron chi connectivity index (χ4n) is 2.58. The Labute approximate surface area is 115 Å². The molecule has 0 bridgehead atoms. The van der Waals surface area contributed by atoms with Crippen molar-refractivity contribution >= 4 is 27.3 Å². The van der Waals surface area contributed by atoms with Crippen LogP contribution in [-0.4, -0.2) is 32.5 Å². The van der Waals surface area contributed by atoms with E-state index in [4.69, 9.17) is 0 Å². The molecule has 0 amide bonds. The highest BCUT2D eigenvalue weighted by Crippen LogP contribution is 2.28. The van der Waals surface area contributed by atoms with Crippen LogP contribution in [0.25, 0.3) is 5.52 Å². The normalized spacial score (nSPS) is 24.7. The van der Waals surface area contributed by atoms with E-state index < -0.39 is 0 Å². The summed E-state index contributed by atoms with van der Waals surface area (Å²) in [4.78, 5) is 7.55. The molecular formula is C13H17BrN4. The van der Waals surface area contributed by atoms with Crippen molar-refractivity contribution in [2.24, 2.45) is 5.92 Å². The van der Waals surface area contributed by atoms with Crippen LogP contribution < -0.4 is 4.90 Å². The average Bonchev–Trinajstić information content (AvgIpc) is 2.72. The molecular weight excluding hydrogens is 292 g/mol. The van der Waals surface area contributed by atoms with Gasteiger partial charge in [0.25, 0.3) is 0 Å². The van der Waals surface area contributed by atoms with Gasteiger partial charge in [0.05, 0.1) is 5.69 Å². The van der Waals surface area contributed by atoms with Crippen LogP contribution >= 0.6 is 15.9 Å². The van der Waals surface area contributed by atoms with E-state index in [2.05, 4.69) is 43.9 Å². The Morgan fingerprint density at radius 3 is 3.06 bits per heavy atom. The molecule has 3 heterocycles. The maximum atomic E-state index is 4.55. The lowest BCUT2D eigenvalue weighted by molar-refractivity contribution is 0.464. The second kappa shape index (κ2) is 4.53. The number of halogens is 1. The van der Waals surface area contributed by atoms with Crippen molar-refractivity contribution < 1.29 is 0 Å². The molecule has 0 aliphatic carbocycles. The van der Waals surface area contributed by atoms with Gasteiger partial charge in [-0.2, -0.15) is 5.10 Å². The van der Waals surface area contributed by atoms with Crippen LogP contribution in [0.15, 0.2) is 18.5 Å². The summed E-state index contributed by atoms with van der Waals surface area (Å²) in [7, 11) is 0. The first-order chi connectivity index (χ1) is 8.65. The molecule has 96 valence electrons. The quantitative estimate of drug-likeness (QED) is 0.759. The van der Waals surface area contributed by atoms with Crippen LogP contribution in [0, 0.1) is 12.8 Å². The lowest BCUT2D eigenvalue weighted by Gasteiger charge is -2.35. The third-order valence-corrected chi connectivity index (χ3v) is 4.95. The van der Waals surface area contributed by atoms with Crippen molar-refractivity contribution in [2.75, 3.05) is 18.0 Å². The zero-order valence-electron chi connectivity index (χ0n) is 10.7. The van der Waals surface area contributed by atoms with Crippen LogP contribution in [0.5, 0.6) is 0 Å². The van der Waals surface area contributed by atoms with Crippen molar-refractivity contribution in [3.05, 3.63) is 24.2 Å². The topological polar surface area (TPSA) is 33.4 Å². The van der Waals surface area contributed by atoms with Gasteiger partial charge in [0.2, 0.25) is 0 Å². The number of piperidine rings is 1. The minimum atomic E-state index is 0.625. The van der Waals surface area contributed by atoms with Crippen LogP contribution in [0.1, 0.15) is 19.0 Å². The van der Waals surface area contributed by atoms with Gasteiger partial charge >= 0.3 is 0 Å². The summed E-state index contributed by atoms with van der Waals surface area (Å²) in [5.74, 6) is 1.70. The summed E-state index contributed by atoms with van der Waals surface area (Å²) in [5.41, 5.74) is 2.14. The fourth-order valence-corrected chi connectivity index (χ4v) is 2.96. The molecule has 2 atom stereocenters. The van der Waals surface area contributed by atoms with E-state index in [0.717, 1.165) is 36.5 Å². The number of nitrogens with zero attached hydrogens (tertiary/aromatic N) is 4. The van der Waals surface area contributed by atoms with Gasteiger partial charge in [-0.05, 0) is 25.3 Å². The molecule has 1 aliphatic heterocycles. The van der Waals surface area contributed by atoms with Crippen molar-refractivity contribution in [1.82, 2.24) is 14.6 Å². The number of fused-ring (bicyclic) bond motifs is 1. The van der Waals surface area contributed by atoms with Crippen LogP contribution in [0.4, 0.5) is 5.82 Å². The smallest absolute Gasteiger partial charge is 0.154 e. The van der Waals surface area contributed by atoms with E-state index in [0.29, 0.717) is 10.7 Å². The SMILES string of the molecule is Cc1cc2c(N3CCC(Br)C(C)C3)nccn2n1. The molecule has 1 aliphatic rings. The third kappa shape index (κ3) is 2.00. The van der Waals surface area contributed by atoms with Crippen LogP contribution in [0.3, 0.4) is 0 Å². The maximum absolute atomic E-state index is 4.55. The Hall–Kier alpha value is -1.10. The van der Waals surface area contributed by atoms with Crippen LogP contribution in [-0.2, 0) is 0 Å². The maximum Gasteiger partial charge on any atom is 0.154 e. The second-order valence-electron chi connectivity index (χ2n) is 5.09. The summed E-state index contributed by atoms with van der Waals surface area (Å²) < 4.78 is 1.92. The lowest BCUT2D eigenvalue weighted by Crippen LogP contribution is -2.40. The monoisotopic (exact) mass is 308 g/mol. The van der Waals surface area contributed by atoms with Crippen molar-refractivity contribution in [2.45, 2.75) is 25.1 Å². The van der Waals surface area contributed by atoms with Crippen molar-refractivity contribution in [3.63, 3.8) is 0 Å². The summed E-state index contributed by atoms with van der Waals surface area (Å²) >= 11 is 3.74. The first-order valence-corrected chi connectivity index (χ1v) is 7.27. The van der Waals surface area contributed by atoms with Crippen molar-refractivity contribution in [1.29, 1.82) is 0 Å². The van der Waals surface area contributed by atoms with E-state index in [1.165, 1.54) is 0 Å². The van der Waals surface area contributed by atoms with E-state index >= 15 is 0 Å². The molecule has 5 heteroatoms. The van der Waals surface area contributed by atoms with Gasteiger partial charge in [-0.15, -0.1) is 0 Å². The zero-order valence-corrected chi connectivity index (χ0v) is 12.3. The Kier molecular flexibility index (Phi) is 3.01. The molecule has 3 rings (SSSR count). The van der Waals surface area contributed by atoms with Gasteiger partial charge in [0.15, 0.2) is 5.82 Å². The number of aryl methyl sites for hydroxylation is 1. The molecule has 0 radical (unpaired) electrons. The van der Waals surface area contributed by atoms with Gasteiger partial charge in [-0.25, -0.2) is 9.50 Å². The Bertz CT molecular complexity index is 565. The molecule has 2 unspecified atom stereocenters. The first kappa shape index (κ1) is 12.0. The van der Waals surface area contributed by atoms with Gasteiger partial charge in [0.1, 0.15) is 5.52 Å². The number of rotatable bonds is 1. The molecule has 1 fully saturated rings. The Morgan fingerprint density at radius 1 is 1.44 bits per heavy atom. The number of hydrogen-bond acceptors (Lipinski definition) is 3. The van der Waals surface area contributed by atoms with Gasteiger partial charge in [0, 0.05) is 30.3 Å². The zero-order chi connectivity index (χ0) is 12.7. The van der Waals surface area contributed by atoms with Gasteiger partial charge in [-0.3, -0.25) is 0 Å². The summed E-state index contributed by atoms with van der Waals surface area (Å²) in [6, 6.07) is 2.10. The minimum Gasteiger partial charge on any atom is -0.354 e. The largest absolute Gasteiger partial charge is 0.354 e. The summed E-state index contributed by atoms with van der Waals surface area (Å²) in [6.07, 6.45) is 4.91. The van der Waals surface area contributed by atoms with Gasteiger partial charge in [-0.1, -0.05) is 22.9 Å². The van der Waals surface area contributed by atoms with E-state index in [1.54, 1.807) is 0 Å². The highest BCUT2D eigenvalue weighted by molar-refractivity contribution is 9.09. The highest BCUT2D eigenvalue weighted by atomic mass is 79.9. The van der Waals surface area contributed by atoms with Gasteiger partial charge < -0.3 is 4.90 Å². The van der Waals surface area contributed by atoms with E-state index in [1.807, 2.05) is 23.8 Å². The fraction of sp³-hybridized carbons (Fsp3) is 0.538. The molecule has 0 saturated carbocycles. The molecule has 0 aromatic carbocycles. The summed E-state index contributed by atoms with van der Waals surface area (Å²) in [6.45, 7) is 6.40. The summed E-state index contributed by atoms with van der Waals surface area (Å²) in [5, 5.41) is 4.44. The predicted molar refractivity (Wildman–Crippen MR) is 76.4 cm³/mol.